The van der Waals surface area contributed by atoms with Gasteiger partial charge in [0.2, 0.25) is 5.91 Å². The number of morpholine rings is 1. The molecule has 0 bridgehead atoms. The fraction of sp³-hybridized carbons (Fsp3) is 0.364. The van der Waals surface area contributed by atoms with Gasteiger partial charge in [-0.3, -0.25) is 14.5 Å². The summed E-state index contributed by atoms with van der Waals surface area (Å²) >= 11 is 0. The van der Waals surface area contributed by atoms with Crippen LogP contribution in [0.5, 0.6) is 5.75 Å². The second-order valence-corrected chi connectivity index (χ2v) is 7.26. The maximum absolute atomic E-state index is 12.4. The summed E-state index contributed by atoms with van der Waals surface area (Å²) in [6.45, 7) is 5.81. The Kier molecular flexibility index (Phi) is 6.85. The van der Waals surface area contributed by atoms with E-state index in [0.717, 1.165) is 18.8 Å². The molecule has 2 aromatic carbocycles. The third-order valence-electron chi connectivity index (χ3n) is 4.64. The quantitative estimate of drug-likeness (QED) is 0.783. The van der Waals surface area contributed by atoms with Gasteiger partial charge in [0, 0.05) is 30.0 Å². The number of anilines is 2. The minimum Gasteiger partial charge on any atom is -0.497 e. The lowest BCUT2D eigenvalue weighted by Gasteiger charge is -2.34. The van der Waals surface area contributed by atoms with Crippen LogP contribution in [0.15, 0.2) is 48.5 Å². The first-order valence-corrected chi connectivity index (χ1v) is 9.66. The van der Waals surface area contributed by atoms with Gasteiger partial charge in [0.15, 0.2) is 0 Å². The number of benzene rings is 2. The van der Waals surface area contributed by atoms with Gasteiger partial charge in [-0.15, -0.1) is 0 Å². The van der Waals surface area contributed by atoms with Crippen LogP contribution in [-0.2, 0) is 9.53 Å². The summed E-state index contributed by atoms with van der Waals surface area (Å²) in [6.07, 6.45) is 0.241. The molecular weight excluding hydrogens is 370 g/mol. The number of rotatable bonds is 6. The van der Waals surface area contributed by atoms with E-state index in [9.17, 15) is 9.59 Å². The second kappa shape index (κ2) is 9.54. The van der Waals surface area contributed by atoms with Gasteiger partial charge in [-0.2, -0.15) is 0 Å². The number of carbonyl (C=O) groups excluding carboxylic acids is 2. The number of amides is 2. The lowest BCUT2D eigenvalue weighted by molar-refractivity contribution is -0.121. The maximum atomic E-state index is 12.4. The van der Waals surface area contributed by atoms with E-state index in [1.165, 1.54) is 0 Å². The lowest BCUT2D eigenvalue weighted by Crippen LogP contribution is -2.48. The minimum atomic E-state index is -0.218. The molecule has 154 valence electrons. The van der Waals surface area contributed by atoms with E-state index in [1.807, 2.05) is 13.8 Å². The largest absolute Gasteiger partial charge is 0.497 e. The molecule has 0 aromatic heterocycles. The Balaban J connectivity index is 1.52. The lowest BCUT2D eigenvalue weighted by atomic mass is 10.2. The first kappa shape index (κ1) is 20.8. The number of nitrogens with zero attached hydrogens (tertiary/aromatic N) is 1. The summed E-state index contributed by atoms with van der Waals surface area (Å²) in [5.74, 6) is 0.426. The van der Waals surface area contributed by atoms with Crippen LogP contribution in [0.2, 0.25) is 0 Å². The van der Waals surface area contributed by atoms with E-state index in [0.29, 0.717) is 23.5 Å². The van der Waals surface area contributed by atoms with E-state index in [2.05, 4.69) is 15.5 Å². The van der Waals surface area contributed by atoms with Crippen molar-refractivity contribution < 1.29 is 19.1 Å². The van der Waals surface area contributed by atoms with E-state index >= 15 is 0 Å². The van der Waals surface area contributed by atoms with Crippen LogP contribution in [0.4, 0.5) is 11.4 Å². The molecule has 0 saturated carbocycles. The highest BCUT2D eigenvalue weighted by Gasteiger charge is 2.23. The smallest absolute Gasteiger partial charge is 0.255 e. The summed E-state index contributed by atoms with van der Waals surface area (Å²) in [4.78, 5) is 26.8. The van der Waals surface area contributed by atoms with Gasteiger partial charge in [0.05, 0.1) is 25.9 Å². The van der Waals surface area contributed by atoms with Crippen LogP contribution in [0.1, 0.15) is 24.2 Å². The topological polar surface area (TPSA) is 79.9 Å². The monoisotopic (exact) mass is 397 g/mol. The third kappa shape index (κ3) is 6.04. The Morgan fingerprint density at radius 1 is 0.966 bits per heavy atom. The van der Waals surface area contributed by atoms with Crippen molar-refractivity contribution in [2.75, 3.05) is 37.4 Å². The Morgan fingerprint density at radius 2 is 1.52 bits per heavy atom. The van der Waals surface area contributed by atoms with Crippen LogP contribution in [0.3, 0.4) is 0 Å². The Hall–Kier alpha value is -2.90. The molecule has 1 aliphatic rings. The number of hydrogen-bond donors (Lipinski definition) is 2. The number of hydrogen-bond acceptors (Lipinski definition) is 5. The van der Waals surface area contributed by atoms with Gasteiger partial charge in [-0.25, -0.2) is 0 Å². The predicted molar refractivity (Wildman–Crippen MR) is 112 cm³/mol. The molecule has 2 aromatic rings. The molecule has 1 heterocycles. The Labute approximate surface area is 171 Å². The molecule has 3 rings (SSSR count). The highest BCUT2D eigenvalue weighted by atomic mass is 16.5. The molecule has 1 fully saturated rings. The van der Waals surface area contributed by atoms with E-state index in [1.54, 1.807) is 55.6 Å². The van der Waals surface area contributed by atoms with Gasteiger partial charge in [0.1, 0.15) is 5.75 Å². The second-order valence-electron chi connectivity index (χ2n) is 7.26. The molecule has 1 aliphatic heterocycles. The van der Waals surface area contributed by atoms with Gasteiger partial charge in [0.25, 0.3) is 5.91 Å². The van der Waals surface area contributed by atoms with Crippen LogP contribution in [-0.4, -0.2) is 55.7 Å². The van der Waals surface area contributed by atoms with Crippen LogP contribution in [0.25, 0.3) is 0 Å². The number of nitrogens with one attached hydrogen (secondary N) is 2. The molecule has 7 nitrogen and oxygen atoms in total. The molecule has 0 aliphatic carbocycles. The zero-order valence-electron chi connectivity index (χ0n) is 17.0. The Bertz CT molecular complexity index is 826. The van der Waals surface area contributed by atoms with Gasteiger partial charge in [-0.1, -0.05) is 0 Å². The van der Waals surface area contributed by atoms with Crippen molar-refractivity contribution in [1.29, 1.82) is 0 Å². The predicted octanol–water partition coefficient (Wildman–Crippen LogP) is 3.00. The fourth-order valence-electron chi connectivity index (χ4n) is 3.40. The SMILES string of the molecule is COc1ccc(NC(=O)c2ccc(NC(=O)CN3C[C@@H](C)O[C@@H](C)C3)cc2)cc1. The average molecular weight is 397 g/mol. The van der Waals surface area contributed by atoms with Gasteiger partial charge in [-0.05, 0) is 62.4 Å². The number of methoxy groups -OCH3 is 1. The van der Waals surface area contributed by atoms with E-state index in [4.69, 9.17) is 9.47 Å². The zero-order chi connectivity index (χ0) is 20.8. The Morgan fingerprint density at radius 3 is 2.10 bits per heavy atom. The maximum Gasteiger partial charge on any atom is 0.255 e. The summed E-state index contributed by atoms with van der Waals surface area (Å²) in [5.41, 5.74) is 1.85. The normalized spacial score (nSPS) is 19.4. The van der Waals surface area contributed by atoms with Crippen LogP contribution < -0.4 is 15.4 Å². The molecule has 2 N–H and O–H groups in total. The minimum absolute atomic E-state index is 0.0817. The molecule has 0 spiro atoms. The van der Waals surface area contributed by atoms with Crippen molar-refractivity contribution in [3.05, 3.63) is 54.1 Å². The highest BCUT2D eigenvalue weighted by Crippen LogP contribution is 2.17. The highest BCUT2D eigenvalue weighted by molar-refractivity contribution is 6.04. The van der Waals surface area contributed by atoms with Crippen molar-refractivity contribution in [3.8, 4) is 5.75 Å². The molecular formula is C22H27N3O4. The summed E-state index contributed by atoms with van der Waals surface area (Å²) < 4.78 is 10.8. The van der Waals surface area contributed by atoms with Crippen molar-refractivity contribution in [1.82, 2.24) is 4.90 Å². The molecule has 2 amide bonds. The molecule has 0 radical (unpaired) electrons. The zero-order valence-corrected chi connectivity index (χ0v) is 17.0. The van der Waals surface area contributed by atoms with Crippen molar-refractivity contribution in [2.45, 2.75) is 26.1 Å². The molecule has 0 unspecified atom stereocenters. The molecule has 7 heteroatoms. The van der Waals surface area contributed by atoms with E-state index in [-0.39, 0.29) is 24.0 Å². The van der Waals surface area contributed by atoms with Crippen molar-refractivity contribution in [2.24, 2.45) is 0 Å². The van der Waals surface area contributed by atoms with Gasteiger partial charge < -0.3 is 20.1 Å². The van der Waals surface area contributed by atoms with Crippen LogP contribution >= 0.6 is 0 Å². The number of carbonyl (C=O) groups is 2. The summed E-state index contributed by atoms with van der Waals surface area (Å²) in [7, 11) is 1.59. The standard InChI is InChI=1S/C22H27N3O4/c1-15-12-25(13-16(2)29-15)14-21(26)23-18-6-4-17(5-7-18)22(27)24-19-8-10-20(28-3)11-9-19/h4-11,15-16H,12-14H2,1-3H3,(H,23,26)(H,24,27)/t15-,16+. The number of ether oxygens (including phenoxy) is 2. The summed E-state index contributed by atoms with van der Waals surface area (Å²) in [5, 5.41) is 5.71. The molecule has 29 heavy (non-hydrogen) atoms. The van der Waals surface area contributed by atoms with E-state index < -0.39 is 0 Å². The summed E-state index contributed by atoms with van der Waals surface area (Å²) in [6, 6.07) is 13.9. The van der Waals surface area contributed by atoms with Crippen molar-refractivity contribution in [3.63, 3.8) is 0 Å². The van der Waals surface area contributed by atoms with Gasteiger partial charge >= 0.3 is 0 Å². The molecule has 2 atom stereocenters. The third-order valence-corrected chi connectivity index (χ3v) is 4.64. The fourth-order valence-corrected chi connectivity index (χ4v) is 3.40. The average Bonchev–Trinajstić information content (AvgIpc) is 2.68. The van der Waals surface area contributed by atoms with Crippen LogP contribution in [0, 0.1) is 0 Å². The van der Waals surface area contributed by atoms with Crippen molar-refractivity contribution >= 4 is 23.2 Å². The first-order valence-electron chi connectivity index (χ1n) is 9.66. The molecule has 1 saturated heterocycles. The first-order chi connectivity index (χ1) is 13.9.